The molecule has 0 fully saturated rings. The fraction of sp³-hybridized carbons (Fsp3) is 0.200. The topological polar surface area (TPSA) is 51.0 Å². The van der Waals surface area contributed by atoms with Crippen LogP contribution >= 0.6 is 0 Å². The number of nitrogen functional groups attached to an aromatic ring is 1. The van der Waals surface area contributed by atoms with Crippen LogP contribution in [0.1, 0.15) is 11.1 Å². The van der Waals surface area contributed by atoms with E-state index >= 15 is 0 Å². The average molecular weight is 240 g/mol. The predicted octanol–water partition coefficient (Wildman–Crippen LogP) is 3.53. The Balaban J connectivity index is 2.55. The highest BCUT2D eigenvalue weighted by molar-refractivity contribution is 6.12. The monoisotopic (exact) mass is 240 g/mol. The lowest BCUT2D eigenvalue weighted by atomic mass is 10.0. The summed E-state index contributed by atoms with van der Waals surface area (Å²) in [5.41, 5.74) is 11.2. The van der Waals surface area contributed by atoms with Crippen molar-refractivity contribution in [2.75, 3.05) is 12.8 Å². The molecular weight excluding hydrogens is 224 g/mol. The van der Waals surface area contributed by atoms with Gasteiger partial charge in [-0.25, -0.2) is 0 Å². The summed E-state index contributed by atoms with van der Waals surface area (Å²) >= 11 is 0. The first-order chi connectivity index (χ1) is 8.61. The van der Waals surface area contributed by atoms with Gasteiger partial charge in [0.15, 0.2) is 5.75 Å². The minimum atomic E-state index is 0.658. The maximum Gasteiger partial charge on any atom is 0.165 e. The fourth-order valence-electron chi connectivity index (χ4n) is 2.71. The van der Waals surface area contributed by atoms with Crippen molar-refractivity contribution in [3.63, 3.8) is 0 Å². The van der Waals surface area contributed by atoms with E-state index in [1.54, 1.807) is 7.11 Å². The highest BCUT2D eigenvalue weighted by Gasteiger charge is 2.13. The zero-order valence-electron chi connectivity index (χ0n) is 10.8. The lowest BCUT2D eigenvalue weighted by Crippen LogP contribution is -1.92. The molecule has 0 amide bonds. The molecule has 1 heterocycles. The average Bonchev–Trinajstić information content (AvgIpc) is 2.66. The Bertz CT molecular complexity index is 756. The number of rotatable bonds is 1. The third-order valence-electron chi connectivity index (χ3n) is 3.40. The number of hydrogen-bond acceptors (Lipinski definition) is 2. The molecule has 0 aliphatic rings. The van der Waals surface area contributed by atoms with E-state index in [1.807, 2.05) is 12.1 Å². The first-order valence-electron chi connectivity index (χ1n) is 5.97. The molecule has 0 aliphatic carbocycles. The molecule has 3 heteroatoms. The summed E-state index contributed by atoms with van der Waals surface area (Å²) in [6, 6.07) is 8.29. The number of H-pyrrole nitrogens is 1. The Kier molecular flexibility index (Phi) is 2.23. The number of anilines is 1. The van der Waals surface area contributed by atoms with Gasteiger partial charge in [-0.1, -0.05) is 6.07 Å². The number of nitrogens with one attached hydrogen (secondary N) is 1. The lowest BCUT2D eigenvalue weighted by Gasteiger charge is -2.05. The standard InChI is InChI=1S/C15H16N2O/c1-8-6-9(2)13-10-4-5-11(16)15(18-3)14(10)17-12(13)7-8/h4-7,17H,16H2,1-3H3. The van der Waals surface area contributed by atoms with Crippen LogP contribution < -0.4 is 10.5 Å². The quantitative estimate of drug-likeness (QED) is 0.639. The van der Waals surface area contributed by atoms with Crippen LogP contribution in [0.25, 0.3) is 21.8 Å². The molecule has 0 saturated carbocycles. The van der Waals surface area contributed by atoms with E-state index in [4.69, 9.17) is 10.5 Å². The van der Waals surface area contributed by atoms with E-state index in [2.05, 4.69) is 31.0 Å². The molecule has 0 spiro atoms. The van der Waals surface area contributed by atoms with Gasteiger partial charge in [0, 0.05) is 16.3 Å². The molecule has 3 aromatic rings. The van der Waals surface area contributed by atoms with Crippen LogP contribution in [0.3, 0.4) is 0 Å². The molecule has 0 unspecified atom stereocenters. The van der Waals surface area contributed by atoms with Gasteiger partial charge in [0.2, 0.25) is 0 Å². The molecular formula is C15H16N2O. The van der Waals surface area contributed by atoms with E-state index < -0.39 is 0 Å². The number of hydrogen-bond donors (Lipinski definition) is 2. The summed E-state index contributed by atoms with van der Waals surface area (Å²) < 4.78 is 5.40. The highest BCUT2D eigenvalue weighted by atomic mass is 16.5. The van der Waals surface area contributed by atoms with Crippen molar-refractivity contribution in [1.82, 2.24) is 4.98 Å². The Morgan fingerprint density at radius 3 is 2.67 bits per heavy atom. The van der Waals surface area contributed by atoms with Gasteiger partial charge in [-0.2, -0.15) is 0 Å². The smallest absolute Gasteiger partial charge is 0.165 e. The second kappa shape index (κ2) is 3.67. The second-order valence-electron chi connectivity index (χ2n) is 4.74. The molecule has 0 bridgehead atoms. The van der Waals surface area contributed by atoms with Crippen molar-refractivity contribution < 1.29 is 4.74 Å². The van der Waals surface area contributed by atoms with Crippen molar-refractivity contribution in [3.05, 3.63) is 35.4 Å². The van der Waals surface area contributed by atoms with Gasteiger partial charge in [0.05, 0.1) is 18.3 Å². The van der Waals surface area contributed by atoms with Gasteiger partial charge >= 0.3 is 0 Å². The summed E-state index contributed by atoms with van der Waals surface area (Å²) in [4.78, 5) is 3.42. The van der Waals surface area contributed by atoms with Crippen LogP contribution in [0, 0.1) is 13.8 Å². The maximum atomic E-state index is 5.94. The van der Waals surface area contributed by atoms with Gasteiger partial charge in [-0.05, 0) is 43.2 Å². The molecule has 3 rings (SSSR count). The molecule has 0 aliphatic heterocycles. The van der Waals surface area contributed by atoms with Gasteiger partial charge in [0.25, 0.3) is 0 Å². The van der Waals surface area contributed by atoms with E-state index in [0.717, 1.165) is 22.2 Å². The zero-order chi connectivity index (χ0) is 12.9. The van der Waals surface area contributed by atoms with E-state index in [1.165, 1.54) is 16.5 Å². The largest absolute Gasteiger partial charge is 0.492 e. The van der Waals surface area contributed by atoms with Crippen LogP contribution in [0.4, 0.5) is 5.69 Å². The van der Waals surface area contributed by atoms with Gasteiger partial charge in [-0.15, -0.1) is 0 Å². The molecule has 2 aromatic carbocycles. The summed E-state index contributed by atoms with van der Waals surface area (Å²) in [5.74, 6) is 0.723. The third kappa shape index (κ3) is 1.37. The molecule has 0 radical (unpaired) electrons. The molecule has 18 heavy (non-hydrogen) atoms. The fourth-order valence-corrected chi connectivity index (χ4v) is 2.71. The Hall–Kier alpha value is -2.16. The summed E-state index contributed by atoms with van der Waals surface area (Å²) in [6.07, 6.45) is 0. The van der Waals surface area contributed by atoms with Crippen molar-refractivity contribution >= 4 is 27.5 Å². The van der Waals surface area contributed by atoms with E-state index in [9.17, 15) is 0 Å². The molecule has 92 valence electrons. The van der Waals surface area contributed by atoms with Crippen molar-refractivity contribution in [2.45, 2.75) is 13.8 Å². The molecule has 3 N–H and O–H groups in total. The number of aromatic amines is 1. The number of nitrogens with two attached hydrogens (primary N) is 1. The zero-order valence-corrected chi connectivity index (χ0v) is 10.8. The normalized spacial score (nSPS) is 11.3. The lowest BCUT2D eigenvalue weighted by molar-refractivity contribution is 0.421. The van der Waals surface area contributed by atoms with Crippen molar-refractivity contribution in [3.8, 4) is 5.75 Å². The summed E-state index contributed by atoms with van der Waals surface area (Å²) in [7, 11) is 1.65. The Morgan fingerprint density at radius 2 is 1.94 bits per heavy atom. The van der Waals surface area contributed by atoms with Gasteiger partial charge < -0.3 is 15.5 Å². The van der Waals surface area contributed by atoms with Crippen LogP contribution in [-0.2, 0) is 0 Å². The van der Waals surface area contributed by atoms with E-state index in [0.29, 0.717) is 5.69 Å². The minimum absolute atomic E-state index is 0.658. The molecule has 1 aromatic heterocycles. The molecule has 0 atom stereocenters. The van der Waals surface area contributed by atoms with Gasteiger partial charge in [0.1, 0.15) is 0 Å². The van der Waals surface area contributed by atoms with Crippen LogP contribution in [0.2, 0.25) is 0 Å². The molecule has 0 saturated heterocycles. The minimum Gasteiger partial charge on any atom is -0.492 e. The van der Waals surface area contributed by atoms with Crippen molar-refractivity contribution in [1.29, 1.82) is 0 Å². The van der Waals surface area contributed by atoms with Crippen LogP contribution in [0.5, 0.6) is 5.75 Å². The molecule has 3 nitrogen and oxygen atoms in total. The first kappa shape index (κ1) is 11.0. The van der Waals surface area contributed by atoms with E-state index in [-0.39, 0.29) is 0 Å². The van der Waals surface area contributed by atoms with Crippen molar-refractivity contribution in [2.24, 2.45) is 0 Å². The van der Waals surface area contributed by atoms with Crippen LogP contribution in [0.15, 0.2) is 24.3 Å². The summed E-state index contributed by atoms with van der Waals surface area (Å²) in [6.45, 7) is 4.23. The summed E-state index contributed by atoms with van der Waals surface area (Å²) in [5, 5.41) is 2.41. The predicted molar refractivity (Wildman–Crippen MR) is 76.2 cm³/mol. The Morgan fingerprint density at radius 1 is 1.17 bits per heavy atom. The number of fused-ring (bicyclic) bond motifs is 3. The number of benzene rings is 2. The first-order valence-corrected chi connectivity index (χ1v) is 5.97. The highest BCUT2D eigenvalue weighted by Crippen LogP contribution is 2.37. The number of methoxy groups -OCH3 is 1. The second-order valence-corrected chi connectivity index (χ2v) is 4.74. The Labute approximate surface area is 106 Å². The maximum absolute atomic E-state index is 5.94. The third-order valence-corrected chi connectivity index (χ3v) is 3.40. The van der Waals surface area contributed by atoms with Crippen LogP contribution in [-0.4, -0.2) is 12.1 Å². The van der Waals surface area contributed by atoms with Gasteiger partial charge in [-0.3, -0.25) is 0 Å². The number of ether oxygens (including phenoxy) is 1. The number of aromatic nitrogens is 1. The number of aryl methyl sites for hydroxylation is 2. The SMILES string of the molecule is COc1c(N)ccc2c1[nH]c1cc(C)cc(C)c12.